The summed E-state index contributed by atoms with van der Waals surface area (Å²) in [7, 11) is 0. The third-order valence-electron chi connectivity index (χ3n) is 2.79. The molecule has 1 atom stereocenters. The molecular weight excluding hydrogens is 325 g/mol. The fourth-order valence-electron chi connectivity index (χ4n) is 1.79. The maximum atomic E-state index is 12.4. The summed E-state index contributed by atoms with van der Waals surface area (Å²) in [6.07, 6.45) is -8.74. The molecule has 0 saturated heterocycles. The Labute approximate surface area is 125 Å². The van der Waals surface area contributed by atoms with E-state index in [2.05, 4.69) is 20.2 Å². The van der Waals surface area contributed by atoms with Gasteiger partial charge < -0.3 is 4.42 Å². The predicted molar refractivity (Wildman–Crippen MR) is 67.3 cm³/mol. The van der Waals surface area contributed by atoms with Crippen molar-refractivity contribution in [2.45, 2.75) is 25.1 Å². The molecular formula is C12H8F5N5O. The van der Waals surface area contributed by atoms with E-state index < -0.39 is 31.0 Å². The molecule has 11 heteroatoms. The second-order valence-electron chi connectivity index (χ2n) is 4.41. The van der Waals surface area contributed by atoms with Gasteiger partial charge in [-0.15, -0.1) is 10.2 Å². The summed E-state index contributed by atoms with van der Waals surface area (Å²) < 4.78 is 66.8. The number of azide groups is 1. The fourth-order valence-corrected chi connectivity index (χ4v) is 1.79. The van der Waals surface area contributed by atoms with Crippen molar-refractivity contribution in [3.63, 3.8) is 0 Å². The molecule has 1 heterocycles. The Morgan fingerprint density at radius 3 is 2.30 bits per heavy atom. The number of halogens is 5. The Kier molecular flexibility index (Phi) is 4.80. The Balaban J connectivity index is 2.24. The van der Waals surface area contributed by atoms with Crippen molar-refractivity contribution in [2.24, 2.45) is 5.11 Å². The maximum absolute atomic E-state index is 12.4. The van der Waals surface area contributed by atoms with E-state index in [1.807, 2.05) is 0 Å². The van der Waals surface area contributed by atoms with E-state index in [0.717, 1.165) is 0 Å². The van der Waals surface area contributed by atoms with Crippen LogP contribution >= 0.6 is 0 Å². The number of hydrogen-bond acceptors (Lipinski definition) is 4. The molecule has 0 radical (unpaired) electrons. The number of alkyl halides is 5. The number of hydrogen-bond donors (Lipinski definition) is 0. The fraction of sp³-hybridized carbons (Fsp3) is 0.333. The van der Waals surface area contributed by atoms with Gasteiger partial charge in [0.05, 0.1) is 12.5 Å². The zero-order valence-corrected chi connectivity index (χ0v) is 11.2. The molecule has 0 amide bonds. The molecule has 1 unspecified atom stereocenters. The molecule has 23 heavy (non-hydrogen) atoms. The van der Waals surface area contributed by atoms with Gasteiger partial charge in [0.15, 0.2) is 0 Å². The molecule has 0 spiro atoms. The van der Waals surface area contributed by atoms with Gasteiger partial charge in [0.1, 0.15) is 0 Å². The summed E-state index contributed by atoms with van der Waals surface area (Å²) in [5.74, 6) is -1.05. The van der Waals surface area contributed by atoms with Crippen LogP contribution in [0.1, 0.15) is 30.3 Å². The summed E-state index contributed by atoms with van der Waals surface area (Å²) in [5.41, 5.74) is 8.74. The van der Waals surface area contributed by atoms with Crippen LogP contribution in [0.3, 0.4) is 0 Å². The number of aromatic nitrogens is 2. The lowest BCUT2D eigenvalue weighted by atomic mass is 10.0. The van der Waals surface area contributed by atoms with Crippen LogP contribution in [0, 0.1) is 0 Å². The lowest BCUT2D eigenvalue weighted by Gasteiger charge is -2.14. The zero-order chi connectivity index (χ0) is 17.0. The third kappa shape index (κ3) is 4.39. The molecule has 0 aliphatic carbocycles. The van der Waals surface area contributed by atoms with Gasteiger partial charge in [-0.25, -0.2) is 0 Å². The largest absolute Gasteiger partial charge is 0.415 e. The minimum Gasteiger partial charge on any atom is -0.415 e. The first-order valence-electron chi connectivity index (χ1n) is 6.13. The topological polar surface area (TPSA) is 87.7 Å². The van der Waals surface area contributed by atoms with Gasteiger partial charge in [-0.1, -0.05) is 17.2 Å². The average Bonchev–Trinajstić information content (AvgIpc) is 2.96. The van der Waals surface area contributed by atoms with Crippen LogP contribution in [-0.4, -0.2) is 16.4 Å². The number of rotatable bonds is 5. The summed E-state index contributed by atoms with van der Waals surface area (Å²) in [6, 6.07) is 3.75. The first-order chi connectivity index (χ1) is 10.8. The average molecular weight is 333 g/mol. The molecule has 2 rings (SSSR count). The minimum absolute atomic E-state index is 0.123. The lowest BCUT2D eigenvalue weighted by Crippen LogP contribution is -2.12. The van der Waals surface area contributed by atoms with Crippen molar-refractivity contribution in [2.75, 3.05) is 0 Å². The molecule has 0 saturated carbocycles. The number of nitrogens with zero attached hydrogens (tertiary/aromatic N) is 5. The molecule has 1 aromatic heterocycles. The van der Waals surface area contributed by atoms with Gasteiger partial charge in [0, 0.05) is 10.5 Å². The maximum Gasteiger partial charge on any atom is 0.389 e. The van der Waals surface area contributed by atoms with E-state index in [0.29, 0.717) is 0 Å². The first-order valence-corrected chi connectivity index (χ1v) is 6.13. The van der Waals surface area contributed by atoms with Crippen LogP contribution in [0.5, 0.6) is 0 Å². The van der Waals surface area contributed by atoms with Gasteiger partial charge in [0.25, 0.3) is 5.89 Å². The standard InChI is InChI=1S/C12H8F5N5O/c13-9(14)11-21-20-10(23-11)7-3-1-6(2-4-7)8(19-22-18)5-12(15,16)17/h1-4,8-9H,5H2. The van der Waals surface area contributed by atoms with Crippen molar-refractivity contribution in [3.05, 3.63) is 46.2 Å². The molecule has 122 valence electrons. The van der Waals surface area contributed by atoms with E-state index in [1.165, 1.54) is 24.3 Å². The smallest absolute Gasteiger partial charge is 0.389 e. The monoisotopic (exact) mass is 333 g/mol. The van der Waals surface area contributed by atoms with Crippen LogP contribution in [0.15, 0.2) is 33.8 Å². The molecule has 0 aliphatic rings. The lowest BCUT2D eigenvalue weighted by molar-refractivity contribution is -0.138. The molecule has 0 aliphatic heterocycles. The second-order valence-corrected chi connectivity index (χ2v) is 4.41. The first kappa shape index (κ1) is 16.7. The van der Waals surface area contributed by atoms with E-state index in [-0.39, 0.29) is 17.0 Å². The second kappa shape index (κ2) is 6.61. The van der Waals surface area contributed by atoms with E-state index in [9.17, 15) is 22.0 Å². The Hall–Kier alpha value is -2.68. The van der Waals surface area contributed by atoms with Crippen LogP contribution in [0.25, 0.3) is 21.9 Å². The van der Waals surface area contributed by atoms with E-state index in [1.54, 1.807) is 0 Å². The molecule has 6 nitrogen and oxygen atoms in total. The molecule has 1 aromatic carbocycles. The summed E-state index contributed by atoms with van der Waals surface area (Å²) in [5, 5.41) is 9.68. The van der Waals surface area contributed by atoms with Gasteiger partial charge in [-0.2, -0.15) is 22.0 Å². The highest BCUT2D eigenvalue weighted by Gasteiger charge is 2.32. The minimum atomic E-state index is -4.50. The van der Waals surface area contributed by atoms with Crippen molar-refractivity contribution >= 4 is 0 Å². The van der Waals surface area contributed by atoms with E-state index >= 15 is 0 Å². The summed E-state index contributed by atoms with van der Waals surface area (Å²) >= 11 is 0. The Morgan fingerprint density at radius 2 is 1.83 bits per heavy atom. The van der Waals surface area contributed by atoms with Gasteiger partial charge in [0.2, 0.25) is 5.89 Å². The van der Waals surface area contributed by atoms with Crippen molar-refractivity contribution in [3.8, 4) is 11.5 Å². The van der Waals surface area contributed by atoms with Crippen molar-refractivity contribution < 1.29 is 26.4 Å². The highest BCUT2D eigenvalue weighted by molar-refractivity contribution is 5.53. The Bertz CT molecular complexity index is 705. The van der Waals surface area contributed by atoms with Crippen LogP contribution in [0.4, 0.5) is 22.0 Å². The van der Waals surface area contributed by atoms with Crippen LogP contribution in [0.2, 0.25) is 0 Å². The quantitative estimate of drug-likeness (QED) is 0.335. The van der Waals surface area contributed by atoms with Crippen LogP contribution in [-0.2, 0) is 0 Å². The third-order valence-corrected chi connectivity index (χ3v) is 2.79. The molecule has 0 N–H and O–H groups in total. The normalized spacial score (nSPS) is 13.0. The van der Waals surface area contributed by atoms with Gasteiger partial charge in [-0.05, 0) is 23.2 Å². The summed E-state index contributed by atoms with van der Waals surface area (Å²) in [4.78, 5) is 2.40. The molecule has 2 aromatic rings. The zero-order valence-electron chi connectivity index (χ0n) is 11.2. The van der Waals surface area contributed by atoms with Gasteiger partial charge in [-0.3, -0.25) is 0 Å². The van der Waals surface area contributed by atoms with E-state index in [4.69, 9.17) is 9.95 Å². The van der Waals surface area contributed by atoms with Crippen LogP contribution < -0.4 is 0 Å². The molecule has 0 bridgehead atoms. The number of benzene rings is 1. The van der Waals surface area contributed by atoms with Crippen molar-refractivity contribution in [1.29, 1.82) is 0 Å². The summed E-state index contributed by atoms with van der Waals surface area (Å²) in [6.45, 7) is 0. The SMILES string of the molecule is [N-]=[N+]=NC(CC(F)(F)F)c1ccc(-c2nnc(C(F)F)o2)cc1. The predicted octanol–water partition coefficient (Wildman–Crippen LogP) is 4.98. The Morgan fingerprint density at radius 1 is 1.17 bits per heavy atom. The highest BCUT2D eigenvalue weighted by Crippen LogP contribution is 2.33. The van der Waals surface area contributed by atoms with Gasteiger partial charge >= 0.3 is 12.6 Å². The molecule has 0 fully saturated rings. The van der Waals surface area contributed by atoms with Crippen molar-refractivity contribution in [1.82, 2.24) is 10.2 Å². The highest BCUT2D eigenvalue weighted by atomic mass is 19.4.